The molecule has 2 N–H and O–H groups in total. The Labute approximate surface area is 122 Å². The van der Waals surface area contributed by atoms with E-state index in [0.29, 0.717) is 16.3 Å². The van der Waals surface area contributed by atoms with E-state index in [1.54, 1.807) is 18.5 Å². The molecule has 0 bridgehead atoms. The Morgan fingerprint density at radius 2 is 1.85 bits per heavy atom. The van der Waals surface area contributed by atoms with Crippen molar-refractivity contribution >= 4 is 28.0 Å². The molecule has 0 fully saturated rings. The first-order valence-electron chi connectivity index (χ1n) is 6.14. The van der Waals surface area contributed by atoms with E-state index in [4.69, 9.17) is 22.7 Å². The van der Waals surface area contributed by atoms with Crippen LogP contribution in [0.3, 0.4) is 0 Å². The van der Waals surface area contributed by atoms with Crippen LogP contribution in [0.1, 0.15) is 5.56 Å². The number of ether oxygens (including phenoxy) is 1. The molecule has 0 saturated heterocycles. The molecule has 20 heavy (non-hydrogen) atoms. The number of benzene rings is 2. The highest BCUT2D eigenvalue weighted by Crippen LogP contribution is 2.27. The predicted molar refractivity (Wildman–Crippen MR) is 84.1 cm³/mol. The van der Waals surface area contributed by atoms with Crippen LogP contribution in [0.4, 0.5) is 0 Å². The molecule has 0 aliphatic heterocycles. The zero-order valence-electron chi connectivity index (χ0n) is 10.6. The molecule has 0 amide bonds. The second kappa shape index (κ2) is 5.27. The minimum atomic E-state index is 0.295. The molecule has 4 heteroatoms. The molecule has 2 aromatic carbocycles. The van der Waals surface area contributed by atoms with Gasteiger partial charge in [-0.05, 0) is 29.0 Å². The van der Waals surface area contributed by atoms with Gasteiger partial charge in [-0.3, -0.25) is 4.98 Å². The van der Waals surface area contributed by atoms with Crippen molar-refractivity contribution in [2.75, 3.05) is 0 Å². The average molecular weight is 280 g/mol. The summed E-state index contributed by atoms with van der Waals surface area (Å²) in [6.45, 7) is 0. The molecule has 3 rings (SSSR count). The second-order valence-electron chi connectivity index (χ2n) is 4.35. The van der Waals surface area contributed by atoms with E-state index in [-0.39, 0.29) is 0 Å². The third kappa shape index (κ3) is 2.46. The lowest BCUT2D eigenvalue weighted by molar-refractivity contribution is 0.480. The zero-order chi connectivity index (χ0) is 13.9. The van der Waals surface area contributed by atoms with Gasteiger partial charge in [0.05, 0.1) is 11.8 Å². The quantitative estimate of drug-likeness (QED) is 0.744. The molecule has 0 aliphatic rings. The number of hydrogen-bond acceptors (Lipinski definition) is 3. The maximum absolute atomic E-state index is 5.85. The monoisotopic (exact) mass is 280 g/mol. The van der Waals surface area contributed by atoms with Gasteiger partial charge in [-0.1, -0.05) is 42.5 Å². The Balaban J connectivity index is 1.99. The van der Waals surface area contributed by atoms with Gasteiger partial charge in [-0.25, -0.2) is 0 Å². The number of nitrogens with two attached hydrogens (primary N) is 1. The summed E-state index contributed by atoms with van der Waals surface area (Å²) in [4.78, 5) is 4.34. The third-order valence-corrected chi connectivity index (χ3v) is 3.22. The number of hydrogen-bond donors (Lipinski definition) is 1. The van der Waals surface area contributed by atoms with Gasteiger partial charge >= 0.3 is 0 Å². The molecule has 3 aromatic rings. The summed E-state index contributed by atoms with van der Waals surface area (Å²) in [5.41, 5.74) is 6.37. The zero-order valence-corrected chi connectivity index (χ0v) is 11.4. The fourth-order valence-electron chi connectivity index (χ4n) is 2.02. The minimum absolute atomic E-state index is 0.295. The van der Waals surface area contributed by atoms with Crippen molar-refractivity contribution in [3.05, 3.63) is 66.5 Å². The van der Waals surface area contributed by atoms with Crippen molar-refractivity contribution in [3.63, 3.8) is 0 Å². The van der Waals surface area contributed by atoms with Crippen molar-refractivity contribution in [2.24, 2.45) is 5.73 Å². The van der Waals surface area contributed by atoms with Gasteiger partial charge in [-0.15, -0.1) is 0 Å². The first-order chi connectivity index (χ1) is 9.74. The van der Waals surface area contributed by atoms with E-state index in [9.17, 15) is 0 Å². The normalized spacial score (nSPS) is 10.4. The highest BCUT2D eigenvalue weighted by Gasteiger charge is 2.07. The fourth-order valence-corrected chi connectivity index (χ4v) is 2.19. The molecule has 0 saturated carbocycles. The summed E-state index contributed by atoms with van der Waals surface area (Å²) in [7, 11) is 0. The van der Waals surface area contributed by atoms with E-state index in [0.717, 1.165) is 11.1 Å². The van der Waals surface area contributed by atoms with E-state index in [1.807, 2.05) is 36.4 Å². The summed E-state index contributed by atoms with van der Waals surface area (Å²) in [5, 5.41) is 2.28. The summed E-state index contributed by atoms with van der Waals surface area (Å²) >= 11 is 5.01. The average Bonchev–Trinajstić information content (AvgIpc) is 2.47. The summed E-state index contributed by atoms with van der Waals surface area (Å²) in [5.74, 6) is 1.30. The highest BCUT2D eigenvalue weighted by molar-refractivity contribution is 7.80. The van der Waals surface area contributed by atoms with E-state index >= 15 is 0 Å². The molecule has 1 heterocycles. The van der Waals surface area contributed by atoms with Crippen molar-refractivity contribution in [2.45, 2.75) is 0 Å². The van der Waals surface area contributed by atoms with Crippen LogP contribution in [0, 0.1) is 0 Å². The maximum Gasteiger partial charge on any atom is 0.155 e. The van der Waals surface area contributed by atoms with Crippen molar-refractivity contribution in [3.8, 4) is 11.5 Å². The minimum Gasteiger partial charge on any atom is -0.455 e. The summed E-state index contributed by atoms with van der Waals surface area (Å²) in [6, 6.07) is 15.8. The van der Waals surface area contributed by atoms with Crippen LogP contribution in [0.15, 0.2) is 60.9 Å². The molecule has 0 spiro atoms. The second-order valence-corrected chi connectivity index (χ2v) is 4.79. The Bertz CT molecular complexity index is 786. The van der Waals surface area contributed by atoms with Crippen LogP contribution < -0.4 is 10.5 Å². The van der Waals surface area contributed by atoms with Gasteiger partial charge in [0.1, 0.15) is 10.7 Å². The molecule has 3 nitrogen and oxygen atoms in total. The molecule has 0 atom stereocenters. The standard InChI is InChI=1S/C16H12N2OS/c17-16(20)14-7-8-18-10-15(14)19-13-6-5-11-3-1-2-4-12(11)9-13/h1-10H,(H2,17,20). The summed E-state index contributed by atoms with van der Waals surface area (Å²) in [6.07, 6.45) is 3.26. The number of rotatable bonds is 3. The van der Waals surface area contributed by atoms with E-state index in [1.165, 1.54) is 5.39 Å². The van der Waals surface area contributed by atoms with Crippen LogP contribution in [-0.2, 0) is 0 Å². The maximum atomic E-state index is 5.85. The Morgan fingerprint density at radius 3 is 2.65 bits per heavy atom. The van der Waals surface area contributed by atoms with Gasteiger partial charge in [0, 0.05) is 6.20 Å². The largest absolute Gasteiger partial charge is 0.455 e. The Morgan fingerprint density at radius 1 is 1.05 bits per heavy atom. The van der Waals surface area contributed by atoms with Gasteiger partial charge in [0.2, 0.25) is 0 Å². The molecular formula is C16H12N2OS. The molecule has 98 valence electrons. The topological polar surface area (TPSA) is 48.1 Å². The molecule has 0 radical (unpaired) electrons. The van der Waals surface area contributed by atoms with Crippen LogP contribution >= 0.6 is 12.2 Å². The third-order valence-electron chi connectivity index (χ3n) is 3.00. The number of fused-ring (bicyclic) bond motifs is 1. The van der Waals surface area contributed by atoms with Crippen molar-refractivity contribution < 1.29 is 4.74 Å². The van der Waals surface area contributed by atoms with Gasteiger partial charge in [0.15, 0.2) is 5.75 Å². The van der Waals surface area contributed by atoms with Crippen LogP contribution in [0.2, 0.25) is 0 Å². The number of pyridine rings is 1. The van der Waals surface area contributed by atoms with Crippen molar-refractivity contribution in [1.29, 1.82) is 0 Å². The Hall–Kier alpha value is -2.46. The SMILES string of the molecule is NC(=S)c1ccncc1Oc1ccc2ccccc2c1. The summed E-state index contributed by atoms with van der Waals surface area (Å²) < 4.78 is 5.85. The highest BCUT2D eigenvalue weighted by atomic mass is 32.1. The number of aromatic nitrogens is 1. The van der Waals surface area contributed by atoms with E-state index < -0.39 is 0 Å². The fraction of sp³-hybridized carbons (Fsp3) is 0. The predicted octanol–water partition coefficient (Wildman–Crippen LogP) is 3.66. The lowest BCUT2D eigenvalue weighted by Gasteiger charge is -2.10. The molecule has 0 aliphatic carbocycles. The van der Waals surface area contributed by atoms with Crippen LogP contribution in [0.5, 0.6) is 11.5 Å². The van der Waals surface area contributed by atoms with Gasteiger partial charge < -0.3 is 10.5 Å². The first kappa shape index (κ1) is 12.6. The molecule has 1 aromatic heterocycles. The number of thiocarbonyl (C=S) groups is 1. The number of nitrogens with zero attached hydrogens (tertiary/aromatic N) is 1. The van der Waals surface area contributed by atoms with Gasteiger partial charge in [0.25, 0.3) is 0 Å². The molecule has 0 unspecified atom stereocenters. The van der Waals surface area contributed by atoms with Crippen LogP contribution in [-0.4, -0.2) is 9.97 Å². The lowest BCUT2D eigenvalue weighted by Crippen LogP contribution is -2.10. The smallest absolute Gasteiger partial charge is 0.155 e. The lowest BCUT2D eigenvalue weighted by atomic mass is 10.1. The first-order valence-corrected chi connectivity index (χ1v) is 6.55. The Kier molecular flexibility index (Phi) is 3.31. The van der Waals surface area contributed by atoms with Gasteiger partial charge in [-0.2, -0.15) is 0 Å². The van der Waals surface area contributed by atoms with E-state index in [2.05, 4.69) is 11.1 Å². The van der Waals surface area contributed by atoms with Crippen LogP contribution in [0.25, 0.3) is 10.8 Å². The molecular weight excluding hydrogens is 268 g/mol. The van der Waals surface area contributed by atoms with Crippen molar-refractivity contribution in [1.82, 2.24) is 4.98 Å².